The van der Waals surface area contributed by atoms with Gasteiger partial charge in [0.2, 0.25) is 0 Å². The first-order valence-electron chi connectivity index (χ1n) is 12.3. The van der Waals surface area contributed by atoms with Gasteiger partial charge in [-0.1, -0.05) is 0 Å². The third-order valence-corrected chi connectivity index (χ3v) is 6.71. The van der Waals surface area contributed by atoms with E-state index in [2.05, 4.69) is 4.98 Å². The summed E-state index contributed by atoms with van der Waals surface area (Å²) >= 11 is 0. The minimum atomic E-state index is -4.96. The summed E-state index contributed by atoms with van der Waals surface area (Å²) in [5.74, 6) is 0.638. The minimum absolute atomic E-state index is 0.0982. The molecule has 216 valence electrons. The van der Waals surface area contributed by atoms with Crippen molar-refractivity contribution in [1.82, 2.24) is 9.55 Å². The van der Waals surface area contributed by atoms with Gasteiger partial charge in [-0.2, -0.15) is 26.3 Å². The van der Waals surface area contributed by atoms with E-state index in [0.717, 1.165) is 0 Å². The molecule has 0 aliphatic carbocycles. The van der Waals surface area contributed by atoms with E-state index in [9.17, 15) is 31.1 Å². The molecule has 1 aliphatic rings. The van der Waals surface area contributed by atoms with Crippen molar-refractivity contribution in [1.29, 1.82) is 0 Å². The molecule has 7 nitrogen and oxygen atoms in total. The standard InChI is InChI=1S/C27H27F6N3O4/c1-5-40-25(37)36-15(2)8-20(19-12-22(38-3)23(39-4)13-21(19)36)24-34-6-7-35(24)14-16-9-17(26(28,29)30)11-18(10-16)27(31,32)33/h6-7,9-13,15,20H,5,8,14H2,1-4H3/t15-,20?/m0/s1. The normalized spacial score (nSPS) is 17.4. The Kier molecular flexibility index (Phi) is 7.95. The van der Waals surface area contributed by atoms with Crippen molar-refractivity contribution in [2.75, 3.05) is 25.7 Å². The van der Waals surface area contributed by atoms with Gasteiger partial charge in [-0.15, -0.1) is 0 Å². The van der Waals surface area contributed by atoms with E-state index in [-0.39, 0.29) is 24.8 Å². The van der Waals surface area contributed by atoms with Gasteiger partial charge in [-0.25, -0.2) is 9.78 Å². The van der Waals surface area contributed by atoms with E-state index < -0.39 is 41.5 Å². The first kappa shape index (κ1) is 29.1. The number of anilines is 1. The molecule has 2 aromatic carbocycles. The fourth-order valence-corrected chi connectivity index (χ4v) is 4.97. The number of hydrogen-bond acceptors (Lipinski definition) is 5. The van der Waals surface area contributed by atoms with Gasteiger partial charge >= 0.3 is 18.4 Å². The van der Waals surface area contributed by atoms with Gasteiger partial charge < -0.3 is 18.8 Å². The highest BCUT2D eigenvalue weighted by Gasteiger charge is 2.39. The summed E-state index contributed by atoms with van der Waals surface area (Å²) < 4.78 is 98.2. The molecule has 1 unspecified atom stereocenters. The number of nitrogens with zero attached hydrogens (tertiary/aromatic N) is 3. The zero-order valence-corrected chi connectivity index (χ0v) is 22.1. The Bertz CT molecular complexity index is 1350. The van der Waals surface area contributed by atoms with Crippen LogP contribution in [0.25, 0.3) is 0 Å². The van der Waals surface area contributed by atoms with E-state index >= 15 is 0 Å². The number of benzene rings is 2. The molecule has 0 saturated heterocycles. The average molecular weight is 572 g/mol. The largest absolute Gasteiger partial charge is 0.493 e. The molecule has 2 heterocycles. The molecule has 0 spiro atoms. The highest BCUT2D eigenvalue weighted by Crippen LogP contribution is 2.47. The van der Waals surface area contributed by atoms with Gasteiger partial charge in [0.1, 0.15) is 5.82 Å². The number of aromatic nitrogens is 2. The van der Waals surface area contributed by atoms with Gasteiger partial charge in [-0.3, -0.25) is 4.90 Å². The van der Waals surface area contributed by atoms with Gasteiger partial charge in [0.05, 0.1) is 37.6 Å². The molecule has 0 fully saturated rings. The third kappa shape index (κ3) is 5.68. The quantitative estimate of drug-likeness (QED) is 0.302. The summed E-state index contributed by atoms with van der Waals surface area (Å²) in [7, 11) is 2.89. The summed E-state index contributed by atoms with van der Waals surface area (Å²) in [6.45, 7) is 3.34. The molecule has 0 bridgehead atoms. The summed E-state index contributed by atoms with van der Waals surface area (Å²) in [4.78, 5) is 18.8. The first-order chi connectivity index (χ1) is 18.8. The molecule has 4 rings (SSSR count). The topological polar surface area (TPSA) is 65.8 Å². The third-order valence-electron chi connectivity index (χ3n) is 6.71. The van der Waals surface area contributed by atoms with Gasteiger partial charge in [0.25, 0.3) is 0 Å². The molecule has 0 radical (unpaired) electrons. The molecule has 0 saturated carbocycles. The highest BCUT2D eigenvalue weighted by molar-refractivity contribution is 5.91. The van der Waals surface area contributed by atoms with E-state index in [4.69, 9.17) is 14.2 Å². The number of methoxy groups -OCH3 is 2. The van der Waals surface area contributed by atoms with Crippen LogP contribution in [-0.2, 0) is 23.6 Å². The van der Waals surface area contributed by atoms with Crippen LogP contribution in [0.3, 0.4) is 0 Å². The highest BCUT2D eigenvalue weighted by atomic mass is 19.4. The lowest BCUT2D eigenvalue weighted by atomic mass is 9.85. The van der Waals surface area contributed by atoms with E-state index in [1.807, 2.05) is 0 Å². The maximum Gasteiger partial charge on any atom is 0.416 e. The van der Waals surface area contributed by atoms with Gasteiger partial charge in [0.15, 0.2) is 11.5 Å². The van der Waals surface area contributed by atoms with Crippen LogP contribution >= 0.6 is 0 Å². The number of carbonyl (C=O) groups is 1. The second-order valence-corrected chi connectivity index (χ2v) is 9.30. The number of halogens is 6. The molecule has 1 aromatic heterocycles. The molecule has 13 heteroatoms. The number of ether oxygens (including phenoxy) is 3. The number of carbonyl (C=O) groups excluding carboxylic acids is 1. The van der Waals surface area contributed by atoms with Crippen LogP contribution in [0.2, 0.25) is 0 Å². The van der Waals surface area contributed by atoms with Crippen molar-refractivity contribution in [2.24, 2.45) is 0 Å². The predicted octanol–water partition coefficient (Wildman–Crippen LogP) is 6.87. The summed E-state index contributed by atoms with van der Waals surface area (Å²) in [6.07, 6.45) is -7.24. The number of alkyl halides is 6. The van der Waals surface area contributed by atoms with Crippen LogP contribution in [0, 0.1) is 0 Å². The SMILES string of the molecule is CCOC(=O)N1c2cc(OC)c(OC)cc2C(c2nccn2Cc2cc(C(F)(F)F)cc(C(F)(F)F)c2)C[C@@H]1C. The lowest BCUT2D eigenvalue weighted by molar-refractivity contribution is -0.143. The second kappa shape index (κ2) is 10.9. The molecule has 2 atom stereocenters. The lowest BCUT2D eigenvalue weighted by Crippen LogP contribution is -2.44. The molecule has 40 heavy (non-hydrogen) atoms. The monoisotopic (exact) mass is 571 g/mol. The van der Waals surface area contributed by atoms with Crippen molar-refractivity contribution in [2.45, 2.75) is 51.1 Å². The van der Waals surface area contributed by atoms with E-state index in [0.29, 0.717) is 47.1 Å². The van der Waals surface area contributed by atoms with Gasteiger partial charge in [-0.05, 0) is 55.7 Å². The van der Waals surface area contributed by atoms with Crippen molar-refractivity contribution < 1.29 is 45.3 Å². The molecule has 1 aliphatic heterocycles. The number of amides is 1. The average Bonchev–Trinajstić information content (AvgIpc) is 3.34. The lowest BCUT2D eigenvalue weighted by Gasteiger charge is -2.39. The Labute approximate surface area is 226 Å². The van der Waals surface area contributed by atoms with Crippen LogP contribution in [-0.4, -0.2) is 42.5 Å². The molecular weight excluding hydrogens is 544 g/mol. The Morgan fingerprint density at radius 3 is 2.12 bits per heavy atom. The van der Waals surface area contributed by atoms with Crippen molar-refractivity contribution in [3.8, 4) is 11.5 Å². The fraction of sp³-hybridized carbons (Fsp3) is 0.407. The first-order valence-corrected chi connectivity index (χ1v) is 12.3. The number of imidazole rings is 1. The van der Waals surface area contributed by atoms with Crippen LogP contribution in [0.15, 0.2) is 42.7 Å². The second-order valence-electron chi connectivity index (χ2n) is 9.30. The predicted molar refractivity (Wildman–Crippen MR) is 133 cm³/mol. The van der Waals surface area contributed by atoms with Crippen LogP contribution in [0.1, 0.15) is 54.3 Å². The fourth-order valence-electron chi connectivity index (χ4n) is 4.97. The number of hydrogen-bond donors (Lipinski definition) is 0. The maximum absolute atomic E-state index is 13.4. The number of rotatable bonds is 6. The smallest absolute Gasteiger partial charge is 0.416 e. The van der Waals surface area contributed by atoms with Gasteiger partial charge in [0, 0.05) is 37.0 Å². The zero-order valence-electron chi connectivity index (χ0n) is 22.1. The Hall–Kier alpha value is -3.90. The van der Waals surface area contributed by atoms with Crippen LogP contribution in [0.5, 0.6) is 11.5 Å². The Morgan fingerprint density at radius 1 is 0.975 bits per heavy atom. The maximum atomic E-state index is 13.4. The Morgan fingerprint density at radius 2 is 1.57 bits per heavy atom. The number of fused-ring (bicyclic) bond motifs is 1. The van der Waals surface area contributed by atoms with E-state index in [1.165, 1.54) is 36.1 Å². The zero-order chi connectivity index (χ0) is 29.4. The molecule has 3 aromatic rings. The molecular formula is C27H27F6N3O4. The van der Waals surface area contributed by atoms with E-state index in [1.54, 1.807) is 26.0 Å². The Balaban J connectivity index is 1.81. The van der Waals surface area contributed by atoms with Crippen molar-refractivity contribution >= 4 is 11.8 Å². The summed E-state index contributed by atoms with van der Waals surface area (Å²) in [5.41, 5.74) is -1.90. The van der Waals surface area contributed by atoms with Crippen LogP contribution < -0.4 is 14.4 Å². The summed E-state index contributed by atoms with van der Waals surface area (Å²) in [5, 5.41) is 0. The van der Waals surface area contributed by atoms with Crippen LogP contribution in [0.4, 0.5) is 36.8 Å². The minimum Gasteiger partial charge on any atom is -0.493 e. The molecule has 1 amide bonds. The summed E-state index contributed by atoms with van der Waals surface area (Å²) in [6, 6.07) is 4.41. The van der Waals surface area contributed by atoms with Crippen molar-refractivity contribution in [3.63, 3.8) is 0 Å². The molecule has 0 N–H and O–H groups in total. The van der Waals surface area contributed by atoms with Crippen molar-refractivity contribution in [3.05, 3.63) is 70.8 Å².